The largest absolute Gasteiger partial charge is 0.330 e. The normalized spacial score (nSPS) is 17.2. The maximum atomic E-state index is 5.37. The van der Waals surface area contributed by atoms with Gasteiger partial charge in [0.2, 0.25) is 0 Å². The average molecular weight is 156 g/mol. The highest BCUT2D eigenvalue weighted by atomic mass is 14.8. The molecular formula is C9H20N2. The van der Waals surface area contributed by atoms with Gasteiger partial charge < -0.3 is 11.1 Å². The zero-order chi connectivity index (χ0) is 7.94. The highest BCUT2D eigenvalue weighted by Crippen LogP contribution is 2.31. The Labute approximate surface area is 69.5 Å². The van der Waals surface area contributed by atoms with Gasteiger partial charge in [-0.05, 0) is 44.8 Å². The number of rotatable bonds is 7. The first-order valence-electron chi connectivity index (χ1n) is 4.84. The Bertz CT molecular complexity index is 89.6. The summed E-state index contributed by atoms with van der Waals surface area (Å²) < 4.78 is 0. The van der Waals surface area contributed by atoms with E-state index in [9.17, 15) is 0 Å². The van der Waals surface area contributed by atoms with E-state index in [1.165, 1.54) is 32.2 Å². The first-order chi connectivity index (χ1) is 5.43. The van der Waals surface area contributed by atoms with E-state index >= 15 is 0 Å². The van der Waals surface area contributed by atoms with Gasteiger partial charge in [-0.2, -0.15) is 0 Å². The summed E-state index contributed by atoms with van der Waals surface area (Å²) in [5, 5.41) is 3.44. The van der Waals surface area contributed by atoms with Crippen LogP contribution in [0.1, 0.15) is 32.1 Å². The smallest absolute Gasteiger partial charge is 0.00463 e. The van der Waals surface area contributed by atoms with Crippen molar-refractivity contribution in [2.45, 2.75) is 32.1 Å². The van der Waals surface area contributed by atoms with Crippen LogP contribution in [0.5, 0.6) is 0 Å². The molecule has 0 aromatic rings. The zero-order valence-corrected chi connectivity index (χ0v) is 7.31. The fourth-order valence-electron chi connectivity index (χ4n) is 1.23. The molecule has 1 rings (SSSR count). The molecule has 66 valence electrons. The van der Waals surface area contributed by atoms with Crippen molar-refractivity contribution in [3.05, 3.63) is 0 Å². The molecule has 1 aliphatic carbocycles. The Morgan fingerprint density at radius 1 is 1.18 bits per heavy atom. The molecule has 0 atom stereocenters. The van der Waals surface area contributed by atoms with E-state index in [0.29, 0.717) is 0 Å². The van der Waals surface area contributed by atoms with E-state index in [4.69, 9.17) is 5.73 Å². The topological polar surface area (TPSA) is 38.0 Å². The Morgan fingerprint density at radius 2 is 2.00 bits per heavy atom. The summed E-state index contributed by atoms with van der Waals surface area (Å²) in [7, 11) is 0. The fraction of sp³-hybridized carbons (Fsp3) is 1.00. The summed E-state index contributed by atoms with van der Waals surface area (Å²) in [4.78, 5) is 0. The zero-order valence-electron chi connectivity index (χ0n) is 7.31. The third-order valence-corrected chi connectivity index (χ3v) is 2.23. The number of hydrogen-bond donors (Lipinski definition) is 2. The van der Waals surface area contributed by atoms with Crippen molar-refractivity contribution in [2.24, 2.45) is 11.7 Å². The first kappa shape index (κ1) is 9.01. The predicted octanol–water partition coefficient (Wildman–Crippen LogP) is 1.11. The van der Waals surface area contributed by atoms with Gasteiger partial charge in [0.25, 0.3) is 0 Å². The van der Waals surface area contributed by atoms with Crippen molar-refractivity contribution in [2.75, 3.05) is 19.6 Å². The van der Waals surface area contributed by atoms with Crippen molar-refractivity contribution in [3.8, 4) is 0 Å². The van der Waals surface area contributed by atoms with Crippen LogP contribution in [0.25, 0.3) is 0 Å². The van der Waals surface area contributed by atoms with Gasteiger partial charge in [-0.1, -0.05) is 12.8 Å². The minimum absolute atomic E-state index is 0.838. The Kier molecular flexibility index (Phi) is 4.55. The molecule has 0 spiro atoms. The molecular weight excluding hydrogens is 136 g/mol. The van der Waals surface area contributed by atoms with Crippen LogP contribution in [0.4, 0.5) is 0 Å². The van der Waals surface area contributed by atoms with Crippen LogP contribution in [-0.2, 0) is 0 Å². The van der Waals surface area contributed by atoms with Crippen LogP contribution in [0.15, 0.2) is 0 Å². The van der Waals surface area contributed by atoms with E-state index in [1.807, 2.05) is 0 Å². The minimum Gasteiger partial charge on any atom is -0.330 e. The molecule has 0 heterocycles. The van der Waals surface area contributed by atoms with Crippen LogP contribution in [0, 0.1) is 5.92 Å². The summed E-state index contributed by atoms with van der Waals surface area (Å²) in [6, 6.07) is 0. The van der Waals surface area contributed by atoms with Gasteiger partial charge >= 0.3 is 0 Å². The standard InChI is InChI=1S/C9H20N2/c10-6-1-2-7-11-8-5-9-3-4-9/h9,11H,1-8,10H2. The lowest BCUT2D eigenvalue weighted by atomic mass is 10.3. The lowest BCUT2D eigenvalue weighted by molar-refractivity contribution is 0.585. The van der Waals surface area contributed by atoms with Crippen molar-refractivity contribution in [3.63, 3.8) is 0 Å². The van der Waals surface area contributed by atoms with E-state index < -0.39 is 0 Å². The van der Waals surface area contributed by atoms with Gasteiger partial charge in [0, 0.05) is 0 Å². The van der Waals surface area contributed by atoms with Crippen LogP contribution >= 0.6 is 0 Å². The minimum atomic E-state index is 0.838. The number of unbranched alkanes of at least 4 members (excludes halogenated alkanes) is 1. The molecule has 11 heavy (non-hydrogen) atoms. The SMILES string of the molecule is NCCCCNCCC1CC1. The molecule has 0 saturated heterocycles. The van der Waals surface area contributed by atoms with Gasteiger partial charge in [-0.3, -0.25) is 0 Å². The molecule has 0 unspecified atom stereocenters. The molecule has 1 saturated carbocycles. The molecule has 3 N–H and O–H groups in total. The average Bonchev–Trinajstić information content (AvgIpc) is 2.80. The van der Waals surface area contributed by atoms with Crippen molar-refractivity contribution >= 4 is 0 Å². The summed E-state index contributed by atoms with van der Waals surface area (Å²) in [5.74, 6) is 1.07. The Hall–Kier alpha value is -0.0800. The fourth-order valence-corrected chi connectivity index (χ4v) is 1.23. The quantitative estimate of drug-likeness (QED) is 0.542. The summed E-state index contributed by atoms with van der Waals surface area (Å²) in [6.45, 7) is 3.21. The lowest BCUT2D eigenvalue weighted by Gasteiger charge is -2.01. The van der Waals surface area contributed by atoms with Gasteiger partial charge in [-0.25, -0.2) is 0 Å². The van der Waals surface area contributed by atoms with Crippen LogP contribution in [-0.4, -0.2) is 19.6 Å². The Balaban J connectivity index is 1.66. The van der Waals surface area contributed by atoms with Crippen molar-refractivity contribution < 1.29 is 0 Å². The molecule has 0 radical (unpaired) electrons. The van der Waals surface area contributed by atoms with E-state index in [0.717, 1.165) is 25.4 Å². The molecule has 1 aliphatic rings. The highest BCUT2D eigenvalue weighted by molar-refractivity contribution is 4.73. The Morgan fingerprint density at radius 3 is 2.64 bits per heavy atom. The van der Waals surface area contributed by atoms with Crippen LogP contribution in [0.3, 0.4) is 0 Å². The van der Waals surface area contributed by atoms with Crippen molar-refractivity contribution in [1.82, 2.24) is 5.32 Å². The lowest BCUT2D eigenvalue weighted by Crippen LogP contribution is -2.17. The van der Waals surface area contributed by atoms with E-state index in [2.05, 4.69) is 5.32 Å². The molecule has 0 aromatic carbocycles. The summed E-state index contributed by atoms with van der Waals surface area (Å²) in [5.41, 5.74) is 5.37. The third-order valence-electron chi connectivity index (χ3n) is 2.23. The van der Waals surface area contributed by atoms with Crippen molar-refractivity contribution in [1.29, 1.82) is 0 Å². The highest BCUT2D eigenvalue weighted by Gasteiger charge is 2.19. The second kappa shape index (κ2) is 5.56. The molecule has 2 nitrogen and oxygen atoms in total. The summed E-state index contributed by atoms with van der Waals surface area (Å²) >= 11 is 0. The number of nitrogens with one attached hydrogen (secondary N) is 1. The predicted molar refractivity (Wildman–Crippen MR) is 48.5 cm³/mol. The van der Waals surface area contributed by atoms with Gasteiger partial charge in [0.1, 0.15) is 0 Å². The molecule has 0 bridgehead atoms. The second-order valence-corrected chi connectivity index (χ2v) is 3.48. The molecule has 0 amide bonds. The maximum absolute atomic E-state index is 5.37. The monoisotopic (exact) mass is 156 g/mol. The van der Waals surface area contributed by atoms with Gasteiger partial charge in [0.05, 0.1) is 0 Å². The van der Waals surface area contributed by atoms with Crippen LogP contribution in [0.2, 0.25) is 0 Å². The third kappa shape index (κ3) is 5.22. The first-order valence-corrected chi connectivity index (χ1v) is 4.84. The summed E-state index contributed by atoms with van der Waals surface area (Å²) in [6.07, 6.45) is 6.75. The second-order valence-electron chi connectivity index (χ2n) is 3.48. The van der Waals surface area contributed by atoms with Crippen LogP contribution < -0.4 is 11.1 Å². The maximum Gasteiger partial charge on any atom is -0.00463 e. The number of hydrogen-bond acceptors (Lipinski definition) is 2. The molecule has 0 aliphatic heterocycles. The molecule has 0 aromatic heterocycles. The molecule has 1 fully saturated rings. The number of nitrogens with two attached hydrogens (primary N) is 1. The van der Waals surface area contributed by atoms with E-state index in [-0.39, 0.29) is 0 Å². The molecule has 2 heteroatoms. The van der Waals surface area contributed by atoms with Gasteiger partial charge in [0.15, 0.2) is 0 Å². The van der Waals surface area contributed by atoms with Gasteiger partial charge in [-0.15, -0.1) is 0 Å². The van der Waals surface area contributed by atoms with E-state index in [1.54, 1.807) is 0 Å².